The van der Waals surface area contributed by atoms with Crippen LogP contribution in [0.2, 0.25) is 0 Å². The fraction of sp³-hybridized carbons (Fsp3) is 0.130. The summed E-state index contributed by atoms with van der Waals surface area (Å²) >= 11 is 0. The van der Waals surface area contributed by atoms with Crippen LogP contribution in [0.3, 0.4) is 0 Å². The van der Waals surface area contributed by atoms with Gasteiger partial charge in [-0.05, 0) is 43.3 Å². The number of fused-ring (bicyclic) bond motifs is 2. The van der Waals surface area contributed by atoms with E-state index in [1.807, 2.05) is 60.8 Å². The summed E-state index contributed by atoms with van der Waals surface area (Å²) in [6, 6.07) is 16.9. The van der Waals surface area contributed by atoms with Gasteiger partial charge >= 0.3 is 11.7 Å². The Morgan fingerprint density at radius 3 is 2.52 bits per heavy atom. The van der Waals surface area contributed by atoms with Crippen LogP contribution in [-0.4, -0.2) is 36.3 Å². The highest BCUT2D eigenvalue weighted by atomic mass is 16.5. The van der Waals surface area contributed by atoms with Gasteiger partial charge in [0.25, 0.3) is 0 Å². The predicted octanol–water partition coefficient (Wildman–Crippen LogP) is 3.07. The van der Waals surface area contributed by atoms with Crippen LogP contribution in [0.15, 0.2) is 78.0 Å². The van der Waals surface area contributed by atoms with E-state index >= 15 is 0 Å². The van der Waals surface area contributed by atoms with Gasteiger partial charge in [0.2, 0.25) is 0 Å². The molecule has 0 N–H and O–H groups in total. The van der Waals surface area contributed by atoms with Crippen LogP contribution in [0.1, 0.15) is 6.92 Å². The second-order valence-corrected chi connectivity index (χ2v) is 6.99. The first kappa shape index (κ1) is 18.8. The lowest BCUT2D eigenvalue weighted by Crippen LogP contribution is -2.27. The third kappa shape index (κ3) is 3.18. The number of rotatable bonds is 5. The van der Waals surface area contributed by atoms with Crippen LogP contribution in [0.25, 0.3) is 33.5 Å². The van der Waals surface area contributed by atoms with Crippen LogP contribution in [0.5, 0.6) is 0 Å². The molecule has 0 aliphatic heterocycles. The molecule has 0 saturated heterocycles. The van der Waals surface area contributed by atoms with Crippen LogP contribution < -0.4 is 5.69 Å². The highest BCUT2D eigenvalue weighted by molar-refractivity contribution is 5.81. The number of esters is 1. The molecule has 8 nitrogen and oxygen atoms in total. The number of para-hydroxylation sites is 2. The summed E-state index contributed by atoms with van der Waals surface area (Å²) in [4.78, 5) is 29.8. The van der Waals surface area contributed by atoms with Gasteiger partial charge in [0, 0.05) is 11.8 Å². The van der Waals surface area contributed by atoms with Crippen molar-refractivity contribution in [2.75, 3.05) is 6.61 Å². The Balaban J connectivity index is 1.59. The number of hydrogen-bond donors (Lipinski definition) is 0. The lowest BCUT2D eigenvalue weighted by atomic mass is 10.2. The van der Waals surface area contributed by atoms with E-state index in [1.54, 1.807) is 28.4 Å². The summed E-state index contributed by atoms with van der Waals surface area (Å²) < 4.78 is 9.80. The van der Waals surface area contributed by atoms with E-state index in [0.29, 0.717) is 16.7 Å². The second kappa shape index (κ2) is 7.56. The highest BCUT2D eigenvalue weighted by Gasteiger charge is 2.17. The van der Waals surface area contributed by atoms with Crippen molar-refractivity contribution in [3.8, 4) is 16.9 Å². The molecule has 0 aliphatic rings. The Morgan fingerprint density at radius 2 is 1.74 bits per heavy atom. The molecule has 4 aromatic heterocycles. The zero-order valence-corrected chi connectivity index (χ0v) is 16.8. The van der Waals surface area contributed by atoms with Gasteiger partial charge in [-0.1, -0.05) is 18.2 Å². The monoisotopic (exact) mass is 413 g/mol. The molecule has 8 heteroatoms. The standard InChI is InChI=1S/C23H19N5O3/c1-2-31-22(29)15-26-20-8-3-4-9-21(20)28(23(26)30)16-10-11-18(24-13-16)17-14-25-27-12-6-5-7-19(17)27/h3-14H,2,15H2,1H3. The van der Waals surface area contributed by atoms with Crippen LogP contribution in [0.4, 0.5) is 0 Å². The maximum atomic E-state index is 13.2. The molecule has 5 rings (SSSR count). The van der Waals surface area contributed by atoms with Gasteiger partial charge < -0.3 is 4.74 Å². The number of benzene rings is 1. The van der Waals surface area contributed by atoms with Gasteiger partial charge in [-0.3, -0.25) is 18.9 Å². The van der Waals surface area contributed by atoms with E-state index in [0.717, 1.165) is 16.8 Å². The zero-order chi connectivity index (χ0) is 21.4. The maximum Gasteiger partial charge on any atom is 0.334 e. The molecule has 154 valence electrons. The van der Waals surface area contributed by atoms with Gasteiger partial charge in [0.05, 0.1) is 46.9 Å². The van der Waals surface area contributed by atoms with E-state index in [2.05, 4.69) is 10.1 Å². The average Bonchev–Trinajstić information content (AvgIpc) is 3.34. The third-order valence-corrected chi connectivity index (χ3v) is 5.14. The molecule has 31 heavy (non-hydrogen) atoms. The quantitative estimate of drug-likeness (QED) is 0.414. The molecule has 0 saturated carbocycles. The van der Waals surface area contributed by atoms with Gasteiger partial charge in [0.1, 0.15) is 6.54 Å². The number of hydrogen-bond acceptors (Lipinski definition) is 5. The number of ether oxygens (including phenoxy) is 1. The summed E-state index contributed by atoms with van der Waals surface area (Å²) in [5, 5.41) is 4.35. The molecular formula is C23H19N5O3. The van der Waals surface area contributed by atoms with Crippen LogP contribution >= 0.6 is 0 Å². The topological polar surface area (TPSA) is 83.4 Å². The summed E-state index contributed by atoms with van der Waals surface area (Å²) in [7, 11) is 0. The average molecular weight is 413 g/mol. The first-order valence-corrected chi connectivity index (χ1v) is 9.92. The van der Waals surface area contributed by atoms with E-state index in [4.69, 9.17) is 4.74 Å². The molecule has 0 aliphatic carbocycles. The van der Waals surface area contributed by atoms with E-state index in [-0.39, 0.29) is 18.8 Å². The highest BCUT2D eigenvalue weighted by Crippen LogP contribution is 2.24. The Hall–Kier alpha value is -4.20. The molecule has 0 amide bonds. The lowest BCUT2D eigenvalue weighted by Gasteiger charge is -2.05. The van der Waals surface area contributed by atoms with Crippen molar-refractivity contribution in [2.24, 2.45) is 0 Å². The molecule has 4 heterocycles. The first-order chi connectivity index (χ1) is 15.2. The Labute approximate surface area is 176 Å². The van der Waals surface area contributed by atoms with Gasteiger partial charge in [0.15, 0.2) is 0 Å². The Kier molecular flexibility index (Phi) is 4.59. The number of imidazole rings is 1. The number of carbonyl (C=O) groups is 1. The summed E-state index contributed by atoms with van der Waals surface area (Å²) in [6.45, 7) is 1.86. The molecule has 5 aromatic rings. The predicted molar refractivity (Wildman–Crippen MR) is 116 cm³/mol. The fourth-order valence-corrected chi connectivity index (χ4v) is 3.76. The second-order valence-electron chi connectivity index (χ2n) is 6.99. The van der Waals surface area contributed by atoms with Crippen molar-refractivity contribution in [1.82, 2.24) is 23.7 Å². The van der Waals surface area contributed by atoms with Gasteiger partial charge in [-0.2, -0.15) is 5.10 Å². The molecule has 0 atom stereocenters. The third-order valence-electron chi connectivity index (χ3n) is 5.14. The fourth-order valence-electron chi connectivity index (χ4n) is 3.76. The van der Waals surface area contributed by atoms with E-state index in [9.17, 15) is 9.59 Å². The first-order valence-electron chi connectivity index (χ1n) is 9.92. The Morgan fingerprint density at radius 1 is 0.968 bits per heavy atom. The molecular weight excluding hydrogens is 394 g/mol. The minimum Gasteiger partial charge on any atom is -0.465 e. The molecule has 0 radical (unpaired) electrons. The van der Waals surface area contributed by atoms with Crippen molar-refractivity contribution in [1.29, 1.82) is 0 Å². The SMILES string of the molecule is CCOC(=O)Cn1c(=O)n(-c2ccc(-c3cnn4ccccc34)nc2)c2ccccc21. The number of pyridine rings is 2. The molecule has 1 aromatic carbocycles. The Bertz CT molecular complexity index is 1460. The summed E-state index contributed by atoms with van der Waals surface area (Å²) in [6.07, 6.45) is 5.31. The normalized spacial score (nSPS) is 11.3. The number of aromatic nitrogens is 5. The zero-order valence-electron chi connectivity index (χ0n) is 16.8. The van der Waals surface area contributed by atoms with Crippen molar-refractivity contribution in [3.63, 3.8) is 0 Å². The van der Waals surface area contributed by atoms with Crippen molar-refractivity contribution in [2.45, 2.75) is 13.5 Å². The molecule has 0 fully saturated rings. The molecule has 0 bridgehead atoms. The summed E-state index contributed by atoms with van der Waals surface area (Å²) in [5.41, 5.74) is 4.27. The molecule has 0 spiro atoms. The molecule has 0 unspecified atom stereocenters. The number of nitrogens with zero attached hydrogens (tertiary/aromatic N) is 5. The smallest absolute Gasteiger partial charge is 0.334 e. The lowest BCUT2D eigenvalue weighted by molar-refractivity contribution is -0.143. The van der Waals surface area contributed by atoms with Gasteiger partial charge in [-0.15, -0.1) is 0 Å². The maximum absolute atomic E-state index is 13.2. The van der Waals surface area contributed by atoms with E-state index in [1.165, 1.54) is 4.57 Å². The minimum atomic E-state index is -0.450. The van der Waals surface area contributed by atoms with Gasteiger partial charge in [-0.25, -0.2) is 9.31 Å². The van der Waals surface area contributed by atoms with Crippen molar-refractivity contribution >= 4 is 22.5 Å². The van der Waals surface area contributed by atoms with Crippen molar-refractivity contribution in [3.05, 3.63) is 83.7 Å². The van der Waals surface area contributed by atoms with Crippen LogP contribution in [0, 0.1) is 0 Å². The minimum absolute atomic E-state index is 0.145. The summed E-state index contributed by atoms with van der Waals surface area (Å²) in [5.74, 6) is -0.450. The van der Waals surface area contributed by atoms with E-state index < -0.39 is 5.97 Å². The van der Waals surface area contributed by atoms with Crippen LogP contribution in [-0.2, 0) is 16.1 Å². The largest absolute Gasteiger partial charge is 0.465 e. The number of carbonyl (C=O) groups excluding carboxylic acids is 1. The van der Waals surface area contributed by atoms with Crippen molar-refractivity contribution < 1.29 is 9.53 Å².